The van der Waals surface area contributed by atoms with Crippen LogP contribution in [0.2, 0.25) is 0 Å². The summed E-state index contributed by atoms with van der Waals surface area (Å²) in [6.07, 6.45) is 0.705. The van der Waals surface area contributed by atoms with E-state index in [0.29, 0.717) is 0 Å². The molecule has 0 amide bonds. The van der Waals surface area contributed by atoms with Gasteiger partial charge < -0.3 is 5.73 Å². The van der Waals surface area contributed by atoms with Crippen LogP contribution in [0.15, 0.2) is 0 Å². The van der Waals surface area contributed by atoms with Crippen LogP contribution in [0.4, 0.5) is 8.78 Å². The summed E-state index contributed by atoms with van der Waals surface area (Å²) < 4.78 is 24.4. The molecule has 0 radical (unpaired) electrons. The molecule has 78 valence electrons. The second kappa shape index (κ2) is 3.65. The van der Waals surface area contributed by atoms with Crippen LogP contribution < -0.4 is 5.73 Å². The van der Waals surface area contributed by atoms with Crippen LogP contribution in [-0.4, -0.2) is 22.7 Å². The van der Waals surface area contributed by atoms with Gasteiger partial charge in [0.1, 0.15) is 0 Å². The first-order chi connectivity index (χ1) is 6.68. The van der Waals surface area contributed by atoms with Crippen LogP contribution >= 0.6 is 0 Å². The Labute approximate surface area is 80.7 Å². The maximum atomic E-state index is 12.2. The number of halogens is 2. The maximum Gasteiger partial charge on any atom is 0.253 e. The summed E-state index contributed by atoms with van der Waals surface area (Å²) in [5.74, 6) is 0. The number of H-pyrrole nitrogens is 1. The lowest BCUT2D eigenvalue weighted by atomic mass is 10.1. The molecule has 1 heterocycles. The van der Waals surface area contributed by atoms with Gasteiger partial charge in [0, 0.05) is 12.1 Å². The van der Waals surface area contributed by atoms with Gasteiger partial charge in [0.2, 0.25) is 0 Å². The van der Waals surface area contributed by atoms with Gasteiger partial charge in [-0.3, -0.25) is 5.10 Å². The molecule has 0 bridgehead atoms. The second-order valence-corrected chi connectivity index (χ2v) is 3.68. The van der Waals surface area contributed by atoms with Gasteiger partial charge >= 0.3 is 0 Å². The highest BCUT2D eigenvalue weighted by molar-refractivity contribution is 5.30. The summed E-state index contributed by atoms with van der Waals surface area (Å²) in [6.45, 7) is 0. The lowest BCUT2D eigenvalue weighted by Gasteiger charge is -2.08. The van der Waals surface area contributed by atoms with E-state index in [1.54, 1.807) is 0 Å². The Hall–Kier alpha value is -0.970. The SMILES string of the molecule is NC(Cc1n[nH]c2c1CCC2)C(F)F. The number of nitrogens with zero attached hydrogens (tertiary/aromatic N) is 1. The lowest BCUT2D eigenvalue weighted by Crippen LogP contribution is -2.31. The van der Waals surface area contributed by atoms with Gasteiger partial charge in [-0.2, -0.15) is 5.10 Å². The molecule has 1 aromatic heterocycles. The third-order valence-electron chi connectivity index (χ3n) is 2.64. The molecule has 1 aliphatic rings. The zero-order valence-corrected chi connectivity index (χ0v) is 7.76. The maximum absolute atomic E-state index is 12.2. The van der Waals surface area contributed by atoms with E-state index in [1.165, 1.54) is 0 Å². The molecule has 0 spiro atoms. The van der Waals surface area contributed by atoms with Crippen molar-refractivity contribution >= 4 is 0 Å². The zero-order chi connectivity index (χ0) is 10.1. The quantitative estimate of drug-likeness (QED) is 0.767. The van der Waals surface area contributed by atoms with E-state index in [4.69, 9.17) is 5.73 Å². The van der Waals surface area contributed by atoms with Gasteiger partial charge in [-0.1, -0.05) is 0 Å². The average Bonchev–Trinajstić information content (AvgIpc) is 2.69. The zero-order valence-electron chi connectivity index (χ0n) is 7.76. The monoisotopic (exact) mass is 201 g/mol. The first-order valence-electron chi connectivity index (χ1n) is 4.77. The highest BCUT2D eigenvalue weighted by atomic mass is 19.3. The van der Waals surface area contributed by atoms with Gasteiger partial charge in [0.25, 0.3) is 6.43 Å². The fourth-order valence-electron chi connectivity index (χ4n) is 1.87. The van der Waals surface area contributed by atoms with Gasteiger partial charge in [0.05, 0.1) is 11.7 Å². The van der Waals surface area contributed by atoms with Crippen LogP contribution in [0, 0.1) is 0 Å². The average molecular weight is 201 g/mol. The van der Waals surface area contributed by atoms with Crippen LogP contribution in [0.25, 0.3) is 0 Å². The second-order valence-electron chi connectivity index (χ2n) is 3.68. The summed E-state index contributed by atoms with van der Waals surface area (Å²) in [5, 5.41) is 6.90. The van der Waals surface area contributed by atoms with E-state index in [-0.39, 0.29) is 6.42 Å². The highest BCUT2D eigenvalue weighted by Crippen LogP contribution is 2.23. The number of alkyl halides is 2. The smallest absolute Gasteiger partial charge is 0.253 e. The third kappa shape index (κ3) is 1.64. The van der Waals surface area contributed by atoms with Crippen molar-refractivity contribution in [2.45, 2.75) is 38.2 Å². The van der Waals surface area contributed by atoms with Crippen LogP contribution in [0.1, 0.15) is 23.4 Å². The van der Waals surface area contributed by atoms with E-state index in [0.717, 1.165) is 36.2 Å². The molecule has 14 heavy (non-hydrogen) atoms. The molecule has 1 aromatic rings. The topological polar surface area (TPSA) is 54.7 Å². The van der Waals surface area contributed by atoms with E-state index >= 15 is 0 Å². The van der Waals surface area contributed by atoms with Gasteiger partial charge in [-0.15, -0.1) is 0 Å². The fourth-order valence-corrected chi connectivity index (χ4v) is 1.87. The minimum absolute atomic E-state index is 0.170. The summed E-state index contributed by atoms with van der Waals surface area (Å²) in [7, 11) is 0. The molecule has 0 saturated carbocycles. The molecule has 1 atom stereocenters. The van der Waals surface area contributed by atoms with E-state index in [1.807, 2.05) is 0 Å². The molecule has 2 rings (SSSR count). The van der Waals surface area contributed by atoms with Crippen molar-refractivity contribution in [3.05, 3.63) is 17.0 Å². The standard InChI is InChI=1S/C9H13F2N3/c10-9(11)6(12)4-8-5-2-1-3-7(5)13-14-8/h6,9H,1-4,12H2,(H,13,14). The fraction of sp³-hybridized carbons (Fsp3) is 0.667. The minimum Gasteiger partial charge on any atom is -0.323 e. The summed E-state index contributed by atoms with van der Waals surface area (Å²) >= 11 is 0. The summed E-state index contributed by atoms with van der Waals surface area (Å²) in [5.41, 5.74) is 8.24. The molecule has 5 heteroatoms. The van der Waals surface area contributed by atoms with Crippen LogP contribution in [0.5, 0.6) is 0 Å². The number of fused-ring (bicyclic) bond motifs is 1. The Kier molecular flexibility index (Phi) is 2.50. The predicted molar refractivity (Wildman–Crippen MR) is 48.3 cm³/mol. The van der Waals surface area contributed by atoms with Crippen LogP contribution in [-0.2, 0) is 19.3 Å². The van der Waals surface area contributed by atoms with E-state index < -0.39 is 12.5 Å². The molecular formula is C9H13F2N3. The first-order valence-corrected chi connectivity index (χ1v) is 4.77. The van der Waals surface area contributed by atoms with Gasteiger partial charge in [0.15, 0.2) is 0 Å². The molecule has 0 aliphatic heterocycles. The summed E-state index contributed by atoms with van der Waals surface area (Å²) in [6, 6.07) is -1.09. The molecule has 0 aromatic carbocycles. The van der Waals surface area contributed by atoms with Gasteiger partial charge in [-0.25, -0.2) is 8.78 Å². The lowest BCUT2D eigenvalue weighted by molar-refractivity contribution is 0.115. The molecule has 3 nitrogen and oxygen atoms in total. The predicted octanol–water partition coefficient (Wildman–Crippen LogP) is 1.03. The number of aromatic amines is 1. The highest BCUT2D eigenvalue weighted by Gasteiger charge is 2.23. The van der Waals surface area contributed by atoms with Crippen molar-refractivity contribution in [2.24, 2.45) is 5.73 Å². The molecular weight excluding hydrogens is 188 g/mol. The van der Waals surface area contributed by atoms with Crippen LogP contribution in [0.3, 0.4) is 0 Å². The summed E-state index contributed by atoms with van der Waals surface area (Å²) in [4.78, 5) is 0. The molecule has 3 N–H and O–H groups in total. The van der Waals surface area contributed by atoms with Crippen molar-refractivity contribution in [1.29, 1.82) is 0 Å². The van der Waals surface area contributed by atoms with Gasteiger partial charge in [-0.05, 0) is 24.8 Å². The molecule has 1 aliphatic carbocycles. The minimum atomic E-state index is -2.47. The first kappa shape index (κ1) is 9.58. The third-order valence-corrected chi connectivity index (χ3v) is 2.64. The number of nitrogens with two attached hydrogens (primary N) is 1. The molecule has 0 fully saturated rings. The number of nitrogens with one attached hydrogen (secondary N) is 1. The Morgan fingerprint density at radius 2 is 2.21 bits per heavy atom. The normalized spacial score (nSPS) is 17.4. The number of aromatic nitrogens is 2. The number of aryl methyl sites for hydroxylation is 1. The Morgan fingerprint density at radius 1 is 1.43 bits per heavy atom. The Balaban J connectivity index is 2.10. The van der Waals surface area contributed by atoms with E-state index in [2.05, 4.69) is 10.2 Å². The van der Waals surface area contributed by atoms with Crippen molar-refractivity contribution in [3.63, 3.8) is 0 Å². The Bertz CT molecular complexity index is 322. The van der Waals surface area contributed by atoms with Crippen molar-refractivity contribution in [3.8, 4) is 0 Å². The molecule has 0 saturated heterocycles. The Morgan fingerprint density at radius 3 is 2.93 bits per heavy atom. The largest absolute Gasteiger partial charge is 0.323 e. The van der Waals surface area contributed by atoms with Crippen molar-refractivity contribution < 1.29 is 8.78 Å². The number of hydrogen-bond donors (Lipinski definition) is 2. The van der Waals surface area contributed by atoms with Crippen molar-refractivity contribution in [2.75, 3.05) is 0 Å². The van der Waals surface area contributed by atoms with E-state index in [9.17, 15) is 8.78 Å². The number of hydrogen-bond acceptors (Lipinski definition) is 2. The molecule has 1 unspecified atom stereocenters. The number of rotatable bonds is 3. The van der Waals surface area contributed by atoms with Crippen molar-refractivity contribution in [1.82, 2.24) is 10.2 Å².